The summed E-state index contributed by atoms with van der Waals surface area (Å²) in [7, 11) is 0. The summed E-state index contributed by atoms with van der Waals surface area (Å²) in [4.78, 5) is 14.9. The van der Waals surface area contributed by atoms with Crippen molar-refractivity contribution in [3.05, 3.63) is 36.8 Å². The maximum absolute atomic E-state index is 5.90. The smallest absolute Gasteiger partial charge is 0.257 e. The van der Waals surface area contributed by atoms with E-state index in [0.29, 0.717) is 37.3 Å². The van der Waals surface area contributed by atoms with Crippen molar-refractivity contribution in [2.75, 3.05) is 31.1 Å². The van der Waals surface area contributed by atoms with Gasteiger partial charge in [-0.3, -0.25) is 0 Å². The van der Waals surface area contributed by atoms with E-state index in [2.05, 4.69) is 19.9 Å². The van der Waals surface area contributed by atoms with E-state index >= 15 is 0 Å². The Labute approximate surface area is 129 Å². The van der Waals surface area contributed by atoms with Gasteiger partial charge < -0.3 is 20.1 Å². The lowest BCUT2D eigenvalue weighted by Gasteiger charge is -2.30. The Bertz CT molecular complexity index is 595. The van der Waals surface area contributed by atoms with Gasteiger partial charge in [0.25, 0.3) is 5.88 Å². The Hall–Kier alpha value is -2.41. The number of fused-ring (bicyclic) bond motifs is 1. The van der Waals surface area contributed by atoms with E-state index in [-0.39, 0.29) is 6.10 Å². The molecule has 0 spiro atoms. The van der Waals surface area contributed by atoms with E-state index in [1.54, 1.807) is 24.7 Å². The van der Waals surface area contributed by atoms with E-state index in [0.717, 1.165) is 13.0 Å². The first-order valence-electron chi connectivity index (χ1n) is 7.33. The minimum atomic E-state index is -0.121. The van der Waals surface area contributed by atoms with Crippen LogP contribution in [0.15, 0.2) is 36.8 Å². The van der Waals surface area contributed by atoms with Crippen LogP contribution in [0.4, 0.5) is 5.95 Å². The summed E-state index contributed by atoms with van der Waals surface area (Å²) >= 11 is 0. The number of nitrogens with zero attached hydrogens (tertiary/aromatic N) is 4. The third kappa shape index (κ3) is 3.43. The molecule has 7 heteroatoms. The van der Waals surface area contributed by atoms with Crippen LogP contribution in [0, 0.1) is 0 Å². The van der Waals surface area contributed by atoms with E-state index in [4.69, 9.17) is 15.2 Å². The van der Waals surface area contributed by atoms with E-state index in [1.807, 2.05) is 12.1 Å². The third-order valence-corrected chi connectivity index (χ3v) is 3.33. The summed E-state index contributed by atoms with van der Waals surface area (Å²) in [6.07, 6.45) is 5.89. The minimum Gasteiger partial charge on any atom is -0.484 e. The van der Waals surface area contributed by atoms with Crippen molar-refractivity contribution in [1.29, 1.82) is 0 Å². The number of anilines is 1. The topological polar surface area (TPSA) is 86.4 Å². The van der Waals surface area contributed by atoms with Crippen LogP contribution in [0.5, 0.6) is 11.6 Å². The van der Waals surface area contributed by atoms with Crippen LogP contribution in [0.2, 0.25) is 0 Å². The maximum Gasteiger partial charge on any atom is 0.257 e. The van der Waals surface area contributed by atoms with Crippen molar-refractivity contribution in [3.8, 4) is 11.6 Å². The number of nitrogens with two attached hydrogens (primary N) is 1. The third-order valence-electron chi connectivity index (χ3n) is 3.33. The summed E-state index contributed by atoms with van der Waals surface area (Å²) in [5, 5.41) is 0. The molecule has 1 atom stereocenters. The predicted octanol–water partition coefficient (Wildman–Crippen LogP) is 0.867. The number of hydrogen-bond acceptors (Lipinski definition) is 7. The van der Waals surface area contributed by atoms with Crippen LogP contribution >= 0.6 is 0 Å². The lowest BCUT2D eigenvalue weighted by Crippen LogP contribution is -2.42. The molecule has 2 aromatic rings. The van der Waals surface area contributed by atoms with Gasteiger partial charge in [-0.05, 0) is 31.2 Å². The molecule has 116 valence electrons. The zero-order valence-corrected chi connectivity index (χ0v) is 12.3. The first-order chi connectivity index (χ1) is 10.9. The first-order valence-corrected chi connectivity index (χ1v) is 7.33. The fourth-order valence-electron chi connectivity index (χ4n) is 2.29. The van der Waals surface area contributed by atoms with Crippen LogP contribution in [0.1, 0.15) is 6.42 Å². The second-order valence-electron chi connectivity index (χ2n) is 4.99. The average Bonchev–Trinajstić information content (AvgIpc) is 2.59. The van der Waals surface area contributed by atoms with Gasteiger partial charge in [-0.15, -0.1) is 0 Å². The van der Waals surface area contributed by atoms with Crippen molar-refractivity contribution in [3.63, 3.8) is 0 Å². The zero-order chi connectivity index (χ0) is 15.2. The van der Waals surface area contributed by atoms with Crippen molar-refractivity contribution in [2.45, 2.75) is 12.5 Å². The number of hydrogen-bond donors (Lipinski definition) is 1. The van der Waals surface area contributed by atoms with E-state index in [1.165, 1.54) is 0 Å². The Morgan fingerprint density at radius 3 is 2.82 bits per heavy atom. The lowest BCUT2D eigenvalue weighted by atomic mass is 10.3. The number of ether oxygens (including phenoxy) is 2. The average molecular weight is 301 g/mol. The first kappa shape index (κ1) is 14.5. The molecule has 0 aromatic carbocycles. The highest BCUT2D eigenvalue weighted by atomic mass is 16.6. The second-order valence-corrected chi connectivity index (χ2v) is 4.99. The number of pyridine rings is 1. The molecule has 1 aliphatic heterocycles. The summed E-state index contributed by atoms with van der Waals surface area (Å²) in [5.74, 6) is 1.89. The summed E-state index contributed by atoms with van der Waals surface area (Å²) in [6.45, 7) is 2.50. The number of rotatable bonds is 6. The van der Waals surface area contributed by atoms with Crippen LogP contribution in [0.25, 0.3) is 0 Å². The van der Waals surface area contributed by atoms with E-state index < -0.39 is 0 Å². The predicted molar refractivity (Wildman–Crippen MR) is 82.1 cm³/mol. The Balaban J connectivity index is 1.69. The molecule has 0 saturated carbocycles. The molecule has 2 aromatic heterocycles. The van der Waals surface area contributed by atoms with Gasteiger partial charge in [0, 0.05) is 25.1 Å². The van der Waals surface area contributed by atoms with E-state index in [9.17, 15) is 0 Å². The summed E-state index contributed by atoms with van der Waals surface area (Å²) in [6, 6.07) is 5.48. The van der Waals surface area contributed by atoms with Crippen molar-refractivity contribution in [2.24, 2.45) is 5.73 Å². The van der Waals surface area contributed by atoms with Gasteiger partial charge in [0.15, 0.2) is 11.9 Å². The SMILES string of the molecule is NCCCN(CC1COc2cccnc2O1)c1ncccn1. The molecule has 1 unspecified atom stereocenters. The second kappa shape index (κ2) is 7.04. The molecular weight excluding hydrogens is 282 g/mol. The van der Waals surface area contributed by atoms with Gasteiger partial charge >= 0.3 is 0 Å². The monoisotopic (exact) mass is 301 g/mol. The molecule has 2 N–H and O–H groups in total. The molecule has 0 radical (unpaired) electrons. The zero-order valence-electron chi connectivity index (χ0n) is 12.3. The standard InChI is InChI=1S/C15H19N5O2/c16-5-2-9-20(15-18-7-3-8-19-15)10-12-11-21-13-4-1-6-17-14(13)22-12/h1,3-4,6-8,12H,2,5,9-11,16H2. The molecule has 0 aliphatic carbocycles. The fourth-order valence-corrected chi connectivity index (χ4v) is 2.29. The van der Waals surface area contributed by atoms with Crippen molar-refractivity contribution < 1.29 is 9.47 Å². The highest BCUT2D eigenvalue weighted by Crippen LogP contribution is 2.28. The fraction of sp³-hybridized carbons (Fsp3) is 0.400. The van der Waals surface area contributed by atoms with Gasteiger partial charge in [0.05, 0.1) is 6.54 Å². The quantitative estimate of drug-likeness (QED) is 0.847. The molecule has 0 saturated heterocycles. The Morgan fingerprint density at radius 1 is 1.18 bits per heavy atom. The van der Waals surface area contributed by atoms with Crippen molar-refractivity contribution in [1.82, 2.24) is 15.0 Å². The molecule has 3 heterocycles. The molecule has 7 nitrogen and oxygen atoms in total. The highest BCUT2D eigenvalue weighted by Gasteiger charge is 2.24. The molecule has 0 amide bonds. The van der Waals surface area contributed by atoms with Crippen LogP contribution in [-0.2, 0) is 0 Å². The van der Waals surface area contributed by atoms with Gasteiger partial charge in [0.2, 0.25) is 5.95 Å². The Kier molecular flexibility index (Phi) is 4.65. The van der Waals surface area contributed by atoms with Gasteiger partial charge in [-0.1, -0.05) is 0 Å². The van der Waals surface area contributed by atoms with Gasteiger partial charge in [-0.2, -0.15) is 0 Å². The van der Waals surface area contributed by atoms with Crippen LogP contribution < -0.4 is 20.1 Å². The molecule has 3 rings (SSSR count). The summed E-state index contributed by atoms with van der Waals surface area (Å²) in [5.41, 5.74) is 5.62. The van der Waals surface area contributed by atoms with Gasteiger partial charge in [-0.25, -0.2) is 15.0 Å². The van der Waals surface area contributed by atoms with Crippen LogP contribution in [-0.4, -0.2) is 47.3 Å². The molecule has 0 bridgehead atoms. The normalized spacial score (nSPS) is 16.3. The number of aromatic nitrogens is 3. The maximum atomic E-state index is 5.90. The molecule has 22 heavy (non-hydrogen) atoms. The molecular formula is C15H19N5O2. The molecule has 0 fully saturated rings. The Morgan fingerprint density at radius 2 is 2.00 bits per heavy atom. The summed E-state index contributed by atoms with van der Waals surface area (Å²) < 4.78 is 11.6. The minimum absolute atomic E-state index is 0.121. The van der Waals surface area contributed by atoms with Crippen molar-refractivity contribution >= 4 is 5.95 Å². The molecule has 1 aliphatic rings. The van der Waals surface area contributed by atoms with Gasteiger partial charge in [0.1, 0.15) is 6.61 Å². The largest absolute Gasteiger partial charge is 0.484 e. The lowest BCUT2D eigenvalue weighted by molar-refractivity contribution is 0.0889. The van der Waals surface area contributed by atoms with Crippen LogP contribution in [0.3, 0.4) is 0 Å². The highest BCUT2D eigenvalue weighted by molar-refractivity contribution is 5.35.